The Balaban J connectivity index is 1.16. The molecule has 10 aromatic carbocycles. The van der Waals surface area contributed by atoms with Crippen LogP contribution in [0.15, 0.2) is 211 Å². The SMILES string of the molecule is CC1(C)c2ccccc2-c2ccc(-n3c(-c4ccccc4)c(-c4ccccc4)c4c5c6ccccc6c(-c6ccc(-c7nc8ccccc8o7)cc6)cc5c5ccccc5c43)cc21. The lowest BCUT2D eigenvalue weighted by Crippen LogP contribution is -2.15. The van der Waals surface area contributed by atoms with Gasteiger partial charge in [-0.05, 0) is 109 Å². The maximum absolute atomic E-state index is 6.17. The van der Waals surface area contributed by atoms with Crippen LogP contribution in [0.25, 0.3) is 116 Å². The predicted octanol–water partition coefficient (Wildman–Crippen LogP) is 16.2. The minimum Gasteiger partial charge on any atom is -0.436 e. The summed E-state index contributed by atoms with van der Waals surface area (Å²) >= 11 is 0. The zero-order valence-electron chi connectivity index (χ0n) is 34.9. The number of aromatic nitrogens is 2. The molecule has 2 heterocycles. The van der Waals surface area contributed by atoms with Gasteiger partial charge in [0.25, 0.3) is 0 Å². The summed E-state index contributed by atoms with van der Waals surface area (Å²) in [6.45, 7) is 4.75. The second kappa shape index (κ2) is 13.5. The normalized spacial score (nSPS) is 13.0. The fourth-order valence-electron chi connectivity index (χ4n) is 10.7. The highest BCUT2D eigenvalue weighted by Crippen LogP contribution is 2.53. The van der Waals surface area contributed by atoms with Crippen molar-refractivity contribution in [1.29, 1.82) is 0 Å². The molecule has 0 N–H and O–H groups in total. The van der Waals surface area contributed by atoms with Gasteiger partial charge in [-0.1, -0.05) is 178 Å². The lowest BCUT2D eigenvalue weighted by Gasteiger charge is -2.23. The van der Waals surface area contributed by atoms with Crippen molar-refractivity contribution in [3.63, 3.8) is 0 Å². The Morgan fingerprint density at radius 1 is 0.429 bits per heavy atom. The van der Waals surface area contributed by atoms with E-state index >= 15 is 0 Å². The molecule has 296 valence electrons. The lowest BCUT2D eigenvalue weighted by atomic mass is 9.82. The van der Waals surface area contributed by atoms with Crippen molar-refractivity contribution in [2.75, 3.05) is 0 Å². The molecule has 13 rings (SSSR count). The number of hydrogen-bond donors (Lipinski definition) is 0. The first-order valence-electron chi connectivity index (χ1n) is 21.8. The van der Waals surface area contributed by atoms with Crippen molar-refractivity contribution in [2.24, 2.45) is 0 Å². The maximum Gasteiger partial charge on any atom is 0.227 e. The zero-order chi connectivity index (χ0) is 41.8. The molecule has 0 fully saturated rings. The van der Waals surface area contributed by atoms with Gasteiger partial charge < -0.3 is 8.98 Å². The number of benzene rings is 10. The molecule has 0 spiro atoms. The van der Waals surface area contributed by atoms with E-state index in [-0.39, 0.29) is 5.41 Å². The van der Waals surface area contributed by atoms with Gasteiger partial charge >= 0.3 is 0 Å². The summed E-state index contributed by atoms with van der Waals surface area (Å²) < 4.78 is 8.76. The maximum atomic E-state index is 6.17. The van der Waals surface area contributed by atoms with Gasteiger partial charge in [-0.15, -0.1) is 0 Å². The molecule has 0 radical (unpaired) electrons. The van der Waals surface area contributed by atoms with Crippen LogP contribution in [0.2, 0.25) is 0 Å². The molecule has 3 heteroatoms. The van der Waals surface area contributed by atoms with Crippen LogP contribution in [0.5, 0.6) is 0 Å². The first-order valence-corrected chi connectivity index (χ1v) is 21.8. The molecule has 1 aliphatic rings. The van der Waals surface area contributed by atoms with E-state index in [0.717, 1.165) is 27.9 Å². The monoisotopic (exact) mass is 804 g/mol. The standard InChI is InChI=1S/C60H40N2O/c1-60(2)50-26-14-13-23-44(50)45-34-33-41(35-51(45)60)62-57(39-19-7-4-8-20-39)54(38-17-5-3-6-18-38)56-55-46-24-11-9-21-42(46)48(36-49(55)43-22-10-12-25-47(43)58(56)62)37-29-31-40(32-30-37)59-61-52-27-15-16-28-53(52)63-59/h3-36H,1-2H3. The molecule has 0 unspecified atom stereocenters. The summed E-state index contributed by atoms with van der Waals surface area (Å²) in [4.78, 5) is 4.79. The largest absolute Gasteiger partial charge is 0.436 e. The fourth-order valence-corrected chi connectivity index (χ4v) is 10.7. The Bertz CT molecular complexity index is 3760. The topological polar surface area (TPSA) is 31.0 Å². The Labute approximate surface area is 365 Å². The van der Waals surface area contributed by atoms with Crippen LogP contribution in [0.1, 0.15) is 25.0 Å². The molecular formula is C60H40N2O. The van der Waals surface area contributed by atoms with Crippen LogP contribution in [0.3, 0.4) is 0 Å². The molecule has 2 aromatic heterocycles. The molecule has 63 heavy (non-hydrogen) atoms. The predicted molar refractivity (Wildman–Crippen MR) is 263 cm³/mol. The van der Waals surface area contributed by atoms with E-state index in [1.165, 1.54) is 93.4 Å². The molecule has 0 amide bonds. The Morgan fingerprint density at radius 3 is 1.83 bits per heavy atom. The van der Waals surface area contributed by atoms with Gasteiger partial charge in [-0.2, -0.15) is 0 Å². The smallest absolute Gasteiger partial charge is 0.227 e. The number of oxazole rings is 1. The van der Waals surface area contributed by atoms with Crippen molar-refractivity contribution in [3.8, 4) is 61.8 Å². The van der Waals surface area contributed by atoms with Gasteiger partial charge in [0.15, 0.2) is 5.58 Å². The van der Waals surface area contributed by atoms with Gasteiger partial charge in [-0.25, -0.2) is 4.98 Å². The summed E-state index contributed by atoms with van der Waals surface area (Å²) in [6, 6.07) is 75.2. The average Bonchev–Trinajstić information content (AvgIpc) is 4.01. The summed E-state index contributed by atoms with van der Waals surface area (Å²) in [5.41, 5.74) is 17.3. The fraction of sp³-hybridized carbons (Fsp3) is 0.0500. The highest BCUT2D eigenvalue weighted by Gasteiger charge is 2.36. The third-order valence-corrected chi connectivity index (χ3v) is 13.6. The highest BCUT2D eigenvalue weighted by molar-refractivity contribution is 6.36. The summed E-state index contributed by atoms with van der Waals surface area (Å²) in [5.74, 6) is 0.628. The van der Waals surface area contributed by atoms with E-state index in [2.05, 4.69) is 200 Å². The summed E-state index contributed by atoms with van der Waals surface area (Å²) in [5, 5.41) is 8.62. The van der Waals surface area contributed by atoms with Crippen LogP contribution >= 0.6 is 0 Å². The van der Waals surface area contributed by atoms with E-state index in [9.17, 15) is 0 Å². The number of rotatable bonds is 5. The third kappa shape index (κ3) is 5.23. The van der Waals surface area contributed by atoms with Crippen molar-refractivity contribution < 1.29 is 4.42 Å². The van der Waals surface area contributed by atoms with Crippen LogP contribution < -0.4 is 0 Å². The first-order chi connectivity index (χ1) is 31.0. The van der Waals surface area contributed by atoms with E-state index in [1.54, 1.807) is 0 Å². The van der Waals surface area contributed by atoms with Gasteiger partial charge in [0.1, 0.15) is 5.52 Å². The van der Waals surface area contributed by atoms with Crippen molar-refractivity contribution in [1.82, 2.24) is 9.55 Å². The van der Waals surface area contributed by atoms with E-state index < -0.39 is 0 Å². The van der Waals surface area contributed by atoms with Gasteiger partial charge in [0.2, 0.25) is 5.89 Å². The van der Waals surface area contributed by atoms with Crippen LogP contribution in [0.4, 0.5) is 0 Å². The molecule has 0 saturated carbocycles. The average molecular weight is 805 g/mol. The Hall–Kier alpha value is -8.01. The molecule has 3 nitrogen and oxygen atoms in total. The Kier molecular flexibility index (Phi) is 7.65. The van der Waals surface area contributed by atoms with E-state index in [1.807, 2.05) is 24.3 Å². The van der Waals surface area contributed by atoms with Gasteiger partial charge in [-0.3, -0.25) is 0 Å². The van der Waals surface area contributed by atoms with Crippen LogP contribution in [-0.4, -0.2) is 9.55 Å². The number of para-hydroxylation sites is 2. The van der Waals surface area contributed by atoms with Crippen molar-refractivity contribution >= 4 is 54.3 Å². The first kappa shape index (κ1) is 35.7. The molecule has 12 aromatic rings. The zero-order valence-corrected chi connectivity index (χ0v) is 34.9. The summed E-state index contributed by atoms with van der Waals surface area (Å²) in [7, 11) is 0. The quantitative estimate of drug-likeness (QED) is 0.162. The molecule has 0 atom stereocenters. The summed E-state index contributed by atoms with van der Waals surface area (Å²) in [6.07, 6.45) is 0. The van der Waals surface area contributed by atoms with E-state index in [0.29, 0.717) is 5.89 Å². The van der Waals surface area contributed by atoms with Crippen LogP contribution in [-0.2, 0) is 5.41 Å². The molecule has 1 aliphatic carbocycles. The number of hydrogen-bond acceptors (Lipinski definition) is 2. The minimum atomic E-state index is -0.151. The second-order valence-electron chi connectivity index (χ2n) is 17.4. The molecule has 0 aliphatic heterocycles. The van der Waals surface area contributed by atoms with E-state index in [4.69, 9.17) is 9.40 Å². The van der Waals surface area contributed by atoms with Crippen molar-refractivity contribution in [2.45, 2.75) is 19.3 Å². The molecular weight excluding hydrogens is 765 g/mol. The highest BCUT2D eigenvalue weighted by atomic mass is 16.3. The minimum absolute atomic E-state index is 0.151. The number of fused-ring (bicyclic) bond motifs is 12. The molecule has 0 bridgehead atoms. The third-order valence-electron chi connectivity index (χ3n) is 13.6. The lowest BCUT2D eigenvalue weighted by molar-refractivity contribution is 0.620. The van der Waals surface area contributed by atoms with Crippen molar-refractivity contribution in [3.05, 3.63) is 217 Å². The second-order valence-corrected chi connectivity index (χ2v) is 17.4. The molecule has 0 saturated heterocycles. The Morgan fingerprint density at radius 2 is 1.05 bits per heavy atom. The van der Waals surface area contributed by atoms with Gasteiger partial charge in [0.05, 0.1) is 11.2 Å². The van der Waals surface area contributed by atoms with Crippen LogP contribution in [0, 0.1) is 0 Å². The number of nitrogens with zero attached hydrogens (tertiary/aromatic N) is 2. The van der Waals surface area contributed by atoms with Gasteiger partial charge in [0, 0.05) is 38.4 Å².